The van der Waals surface area contributed by atoms with Crippen molar-refractivity contribution in [3.05, 3.63) is 0 Å². The van der Waals surface area contributed by atoms with Gasteiger partial charge < -0.3 is 25.0 Å². The van der Waals surface area contributed by atoms with Crippen molar-refractivity contribution in [3.8, 4) is 0 Å². The molecule has 6 heteroatoms. The summed E-state index contributed by atoms with van der Waals surface area (Å²) < 4.78 is 5.46. The second-order valence-electron chi connectivity index (χ2n) is 4.24. The lowest BCUT2D eigenvalue weighted by molar-refractivity contribution is -0.117. The third kappa shape index (κ3) is 1.68. The largest absolute Gasteiger partial charge is 0.459 e. The van der Waals surface area contributed by atoms with Crippen LogP contribution in [0.3, 0.4) is 0 Å². The van der Waals surface area contributed by atoms with Gasteiger partial charge in [0.2, 0.25) is 0 Å². The summed E-state index contributed by atoms with van der Waals surface area (Å²) in [4.78, 5) is 5.87. The predicted octanol–water partition coefficient (Wildman–Crippen LogP) is -1.84. The first-order valence-electron chi connectivity index (χ1n) is 4.96. The van der Waals surface area contributed by atoms with Crippen LogP contribution in [-0.2, 0) is 4.74 Å². The van der Waals surface area contributed by atoms with Gasteiger partial charge in [-0.25, -0.2) is 4.99 Å². The maximum absolute atomic E-state index is 9.70. The standard InChI is InChI=1S/C9H16N2O4/c1-11(2)9-10-6-5(15-9)3-4(12)7(13)8(6)14/h4-8,12-14H,3H2,1-2H3/t4-,5-,6-,7+,8+/m0/s1. The zero-order valence-corrected chi connectivity index (χ0v) is 8.74. The first-order chi connectivity index (χ1) is 7.00. The zero-order chi connectivity index (χ0) is 11.2. The molecule has 1 fully saturated rings. The highest BCUT2D eigenvalue weighted by molar-refractivity contribution is 5.75. The molecule has 0 aromatic heterocycles. The van der Waals surface area contributed by atoms with Gasteiger partial charge in [-0.2, -0.15) is 0 Å². The molecule has 0 aromatic carbocycles. The number of rotatable bonds is 0. The van der Waals surface area contributed by atoms with Crippen LogP contribution in [0.2, 0.25) is 0 Å². The Kier molecular flexibility index (Phi) is 2.57. The molecule has 0 radical (unpaired) electrons. The summed E-state index contributed by atoms with van der Waals surface area (Å²) in [5.74, 6) is 0. The number of hydrogen-bond acceptors (Lipinski definition) is 6. The van der Waals surface area contributed by atoms with E-state index >= 15 is 0 Å². The molecule has 2 aliphatic rings. The maximum Gasteiger partial charge on any atom is 0.287 e. The lowest BCUT2D eigenvalue weighted by atomic mass is 9.86. The first kappa shape index (κ1) is 10.7. The summed E-state index contributed by atoms with van der Waals surface area (Å²) in [5, 5.41) is 28.6. The summed E-state index contributed by atoms with van der Waals surface area (Å²) in [5.41, 5.74) is 0. The fourth-order valence-corrected chi connectivity index (χ4v) is 1.96. The molecule has 0 aromatic rings. The Morgan fingerprint density at radius 1 is 1.27 bits per heavy atom. The van der Waals surface area contributed by atoms with Gasteiger partial charge in [-0.1, -0.05) is 0 Å². The molecule has 1 aliphatic heterocycles. The van der Waals surface area contributed by atoms with E-state index in [1.165, 1.54) is 0 Å². The highest BCUT2D eigenvalue weighted by atomic mass is 16.5. The molecule has 5 atom stereocenters. The summed E-state index contributed by atoms with van der Waals surface area (Å²) >= 11 is 0. The SMILES string of the molecule is CN(C)C1=N[C@@H]2[C@@H](O)[C@H](O)[C@@H](O)C[C@@H]2O1. The van der Waals surface area contributed by atoms with Crippen molar-refractivity contribution in [2.75, 3.05) is 14.1 Å². The van der Waals surface area contributed by atoms with E-state index in [1.807, 2.05) is 0 Å². The van der Waals surface area contributed by atoms with Gasteiger partial charge in [0.1, 0.15) is 24.4 Å². The maximum atomic E-state index is 9.70. The number of hydrogen-bond donors (Lipinski definition) is 3. The van der Waals surface area contributed by atoms with Gasteiger partial charge in [0, 0.05) is 20.5 Å². The van der Waals surface area contributed by atoms with Crippen LogP contribution < -0.4 is 0 Å². The van der Waals surface area contributed by atoms with E-state index in [1.54, 1.807) is 19.0 Å². The van der Waals surface area contributed by atoms with E-state index in [4.69, 9.17) is 4.74 Å². The normalized spacial score (nSPS) is 44.3. The van der Waals surface area contributed by atoms with Crippen molar-refractivity contribution in [1.29, 1.82) is 0 Å². The van der Waals surface area contributed by atoms with Crippen molar-refractivity contribution in [2.45, 2.75) is 36.9 Å². The minimum Gasteiger partial charge on any atom is -0.459 e. The molecule has 1 saturated carbocycles. The Bertz CT molecular complexity index is 281. The summed E-state index contributed by atoms with van der Waals surface area (Å²) in [7, 11) is 3.57. The van der Waals surface area contributed by atoms with Gasteiger partial charge in [0.25, 0.3) is 6.02 Å². The minimum atomic E-state index is -1.14. The third-order valence-corrected chi connectivity index (χ3v) is 2.85. The lowest BCUT2D eigenvalue weighted by Crippen LogP contribution is -2.54. The average Bonchev–Trinajstić information content (AvgIpc) is 2.58. The molecule has 0 unspecified atom stereocenters. The molecule has 15 heavy (non-hydrogen) atoms. The third-order valence-electron chi connectivity index (χ3n) is 2.85. The van der Waals surface area contributed by atoms with Crippen molar-refractivity contribution in [2.24, 2.45) is 4.99 Å². The quantitative estimate of drug-likeness (QED) is 0.443. The van der Waals surface area contributed by atoms with Crippen molar-refractivity contribution >= 4 is 6.02 Å². The summed E-state index contributed by atoms with van der Waals surface area (Å²) in [6.45, 7) is 0. The number of aliphatic imine (C=N–C) groups is 1. The molecular formula is C9H16N2O4. The van der Waals surface area contributed by atoms with Crippen molar-refractivity contribution in [3.63, 3.8) is 0 Å². The van der Waals surface area contributed by atoms with E-state index < -0.39 is 24.4 Å². The highest BCUT2D eigenvalue weighted by Crippen LogP contribution is 2.29. The lowest BCUT2D eigenvalue weighted by Gasteiger charge is -2.34. The monoisotopic (exact) mass is 216 g/mol. The van der Waals surface area contributed by atoms with Crippen LogP contribution in [0.15, 0.2) is 4.99 Å². The van der Waals surface area contributed by atoms with E-state index in [9.17, 15) is 15.3 Å². The molecule has 2 rings (SSSR count). The molecule has 0 spiro atoms. The van der Waals surface area contributed by atoms with E-state index in [0.717, 1.165) is 0 Å². The van der Waals surface area contributed by atoms with E-state index in [-0.39, 0.29) is 6.10 Å². The Hall–Kier alpha value is -0.850. The smallest absolute Gasteiger partial charge is 0.287 e. The van der Waals surface area contributed by atoms with Gasteiger partial charge in [0.05, 0.1) is 6.10 Å². The Morgan fingerprint density at radius 2 is 1.93 bits per heavy atom. The second-order valence-corrected chi connectivity index (χ2v) is 4.24. The van der Waals surface area contributed by atoms with Crippen LogP contribution in [0.25, 0.3) is 0 Å². The number of amidine groups is 1. The van der Waals surface area contributed by atoms with Crippen molar-refractivity contribution in [1.82, 2.24) is 4.90 Å². The molecule has 0 bridgehead atoms. The Balaban J connectivity index is 2.15. The number of aliphatic hydroxyl groups is 3. The molecule has 0 amide bonds. The number of nitrogens with zero attached hydrogens (tertiary/aromatic N) is 2. The van der Waals surface area contributed by atoms with Crippen molar-refractivity contribution < 1.29 is 20.1 Å². The highest BCUT2D eigenvalue weighted by Gasteiger charge is 2.47. The van der Waals surface area contributed by atoms with Gasteiger partial charge in [-0.15, -0.1) is 0 Å². The molecule has 86 valence electrons. The van der Waals surface area contributed by atoms with E-state index in [2.05, 4.69) is 4.99 Å². The van der Waals surface area contributed by atoms with Crippen LogP contribution in [0.5, 0.6) is 0 Å². The van der Waals surface area contributed by atoms with Gasteiger partial charge >= 0.3 is 0 Å². The topological polar surface area (TPSA) is 85.5 Å². The summed E-state index contributed by atoms with van der Waals surface area (Å²) in [6.07, 6.45) is -3.19. The second kappa shape index (κ2) is 3.62. The molecule has 1 heterocycles. The Morgan fingerprint density at radius 3 is 2.53 bits per heavy atom. The fourth-order valence-electron chi connectivity index (χ4n) is 1.96. The van der Waals surface area contributed by atoms with E-state index in [0.29, 0.717) is 12.4 Å². The number of fused-ring (bicyclic) bond motifs is 1. The minimum absolute atomic E-state index is 0.295. The van der Waals surface area contributed by atoms with Crippen LogP contribution >= 0.6 is 0 Å². The van der Waals surface area contributed by atoms with Gasteiger partial charge in [0.15, 0.2) is 0 Å². The van der Waals surface area contributed by atoms with Crippen LogP contribution in [0.1, 0.15) is 6.42 Å². The zero-order valence-electron chi connectivity index (χ0n) is 8.74. The van der Waals surface area contributed by atoms with Crippen LogP contribution in [0.4, 0.5) is 0 Å². The first-order valence-corrected chi connectivity index (χ1v) is 4.96. The molecular weight excluding hydrogens is 200 g/mol. The van der Waals surface area contributed by atoms with Crippen LogP contribution in [-0.4, -0.2) is 70.8 Å². The summed E-state index contributed by atoms with van der Waals surface area (Å²) in [6, 6.07) is -0.0360. The van der Waals surface area contributed by atoms with Gasteiger partial charge in [-0.05, 0) is 0 Å². The average molecular weight is 216 g/mol. The number of ether oxygens (including phenoxy) is 1. The van der Waals surface area contributed by atoms with Crippen LogP contribution in [0, 0.1) is 0 Å². The van der Waals surface area contributed by atoms with Gasteiger partial charge in [-0.3, -0.25) is 0 Å². The fraction of sp³-hybridized carbons (Fsp3) is 0.889. The Labute approximate surface area is 87.8 Å². The predicted molar refractivity (Wildman–Crippen MR) is 52.4 cm³/mol. The molecule has 3 N–H and O–H groups in total. The molecule has 1 aliphatic carbocycles. The molecule has 0 saturated heterocycles. The number of aliphatic hydroxyl groups excluding tert-OH is 3. The molecule has 6 nitrogen and oxygen atoms in total.